The van der Waals surface area contributed by atoms with E-state index in [1.165, 1.54) is 0 Å². The van der Waals surface area contributed by atoms with Crippen LogP contribution in [0.3, 0.4) is 0 Å². The lowest BCUT2D eigenvalue weighted by Gasteiger charge is -2.33. The Balaban J connectivity index is 1.51. The van der Waals surface area contributed by atoms with Crippen LogP contribution >= 0.6 is 0 Å². The summed E-state index contributed by atoms with van der Waals surface area (Å²) in [5, 5.41) is 14.1. The Labute approximate surface area is 146 Å². The minimum absolute atomic E-state index is 0.0273. The smallest absolute Gasteiger partial charge is 0.313 e. The highest BCUT2D eigenvalue weighted by Crippen LogP contribution is 2.44. The van der Waals surface area contributed by atoms with E-state index in [0.717, 1.165) is 32.6 Å². The number of carboxylic acids is 1. The Morgan fingerprint density at radius 1 is 1.28 bits per heavy atom. The zero-order valence-electron chi connectivity index (χ0n) is 14.4. The summed E-state index contributed by atoms with van der Waals surface area (Å²) in [5.74, 6) is -0.989. The van der Waals surface area contributed by atoms with Gasteiger partial charge in [0.25, 0.3) is 5.91 Å². The van der Waals surface area contributed by atoms with Crippen LogP contribution < -0.4 is 0 Å². The van der Waals surface area contributed by atoms with Crippen molar-refractivity contribution in [3.8, 4) is 0 Å². The highest BCUT2D eigenvalue weighted by Gasteiger charge is 2.59. The molecule has 0 spiro atoms. The molecule has 8 nitrogen and oxygen atoms in total. The number of amides is 1. The van der Waals surface area contributed by atoms with Crippen molar-refractivity contribution in [3.63, 3.8) is 0 Å². The Bertz CT molecular complexity index is 684. The Morgan fingerprint density at radius 3 is 2.64 bits per heavy atom. The van der Waals surface area contributed by atoms with Gasteiger partial charge < -0.3 is 14.7 Å². The van der Waals surface area contributed by atoms with E-state index in [4.69, 9.17) is 4.74 Å². The van der Waals surface area contributed by atoms with E-state index in [9.17, 15) is 14.7 Å². The zero-order valence-corrected chi connectivity index (χ0v) is 14.4. The number of likely N-dealkylation sites (tertiary alicyclic amines) is 2. The normalized spacial score (nSPS) is 30.6. The molecule has 2 atom stereocenters. The van der Waals surface area contributed by atoms with Crippen LogP contribution in [0.2, 0.25) is 0 Å². The number of aryl methyl sites for hydroxylation is 1. The molecule has 0 bridgehead atoms. The van der Waals surface area contributed by atoms with E-state index < -0.39 is 11.4 Å². The predicted octanol–water partition coefficient (Wildman–Crippen LogP) is 0.0577. The molecule has 25 heavy (non-hydrogen) atoms. The third-order valence-electron chi connectivity index (χ3n) is 5.99. The molecule has 0 radical (unpaired) electrons. The van der Waals surface area contributed by atoms with Crippen molar-refractivity contribution in [2.45, 2.75) is 18.9 Å². The van der Waals surface area contributed by atoms with Crippen molar-refractivity contribution in [3.05, 3.63) is 18.0 Å². The second-order valence-corrected chi connectivity index (χ2v) is 7.49. The first-order chi connectivity index (χ1) is 12.0. The molecule has 3 fully saturated rings. The van der Waals surface area contributed by atoms with Gasteiger partial charge in [0.1, 0.15) is 11.1 Å². The molecule has 1 amide bonds. The fraction of sp³-hybridized carbons (Fsp3) is 0.706. The van der Waals surface area contributed by atoms with Gasteiger partial charge in [0.2, 0.25) is 0 Å². The summed E-state index contributed by atoms with van der Waals surface area (Å²) < 4.78 is 7.01. The summed E-state index contributed by atoms with van der Waals surface area (Å²) in [6.45, 7) is 3.50. The SMILES string of the molecule is Cn1ccc(C(=O)N2CC3CN(C4CCOCC4)CC3(C(=O)O)C2)n1. The number of aliphatic carboxylic acids is 1. The summed E-state index contributed by atoms with van der Waals surface area (Å²) in [4.78, 5) is 28.8. The fourth-order valence-corrected chi connectivity index (χ4v) is 4.58. The molecule has 3 aliphatic heterocycles. The van der Waals surface area contributed by atoms with Gasteiger partial charge in [0, 0.05) is 64.6 Å². The standard InChI is InChI=1S/C17H24N4O4/c1-19-5-2-14(18-19)15(22)21-9-12-8-20(13-3-6-25-7-4-13)10-17(12,11-21)16(23)24/h2,5,12-13H,3-4,6-11H2,1H3,(H,23,24). The van der Waals surface area contributed by atoms with Gasteiger partial charge in [-0.2, -0.15) is 5.10 Å². The average molecular weight is 348 g/mol. The van der Waals surface area contributed by atoms with Gasteiger partial charge in [-0.1, -0.05) is 0 Å². The van der Waals surface area contributed by atoms with E-state index >= 15 is 0 Å². The van der Waals surface area contributed by atoms with Crippen molar-refractivity contribution < 1.29 is 19.4 Å². The summed E-state index contributed by atoms with van der Waals surface area (Å²) in [6.07, 6.45) is 3.64. The lowest BCUT2D eigenvalue weighted by atomic mass is 9.81. The first-order valence-electron chi connectivity index (χ1n) is 8.84. The third-order valence-corrected chi connectivity index (χ3v) is 5.99. The van der Waals surface area contributed by atoms with Crippen LogP contribution in [0.15, 0.2) is 12.3 Å². The maximum atomic E-state index is 12.7. The van der Waals surface area contributed by atoms with Gasteiger partial charge in [0.15, 0.2) is 0 Å². The zero-order chi connectivity index (χ0) is 17.6. The van der Waals surface area contributed by atoms with Gasteiger partial charge in [0.05, 0.1) is 0 Å². The molecule has 8 heteroatoms. The van der Waals surface area contributed by atoms with Crippen LogP contribution in [0, 0.1) is 11.3 Å². The number of aromatic nitrogens is 2. The second-order valence-electron chi connectivity index (χ2n) is 7.49. The Kier molecular flexibility index (Phi) is 4.04. The van der Waals surface area contributed by atoms with E-state index in [1.54, 1.807) is 28.9 Å². The molecule has 1 aromatic heterocycles. The highest BCUT2D eigenvalue weighted by atomic mass is 16.5. The van der Waals surface area contributed by atoms with E-state index in [-0.39, 0.29) is 18.4 Å². The minimum Gasteiger partial charge on any atom is -0.481 e. The molecule has 3 saturated heterocycles. The molecule has 3 aliphatic rings. The molecule has 1 N–H and O–H groups in total. The number of hydrogen-bond donors (Lipinski definition) is 1. The molecule has 1 aromatic rings. The van der Waals surface area contributed by atoms with Crippen molar-refractivity contribution in [1.82, 2.24) is 19.6 Å². The Hall–Kier alpha value is -1.93. The second kappa shape index (κ2) is 6.10. The number of nitrogens with zero attached hydrogens (tertiary/aromatic N) is 4. The largest absolute Gasteiger partial charge is 0.481 e. The third kappa shape index (κ3) is 2.73. The number of fused-ring (bicyclic) bond motifs is 1. The molecule has 4 heterocycles. The molecular formula is C17H24N4O4. The number of ether oxygens (including phenoxy) is 1. The van der Waals surface area contributed by atoms with Crippen LogP contribution in [0.1, 0.15) is 23.3 Å². The van der Waals surface area contributed by atoms with Gasteiger partial charge in [-0.05, 0) is 18.9 Å². The number of carboxylic acid groups (broad SMARTS) is 1. The van der Waals surface area contributed by atoms with Crippen molar-refractivity contribution in [2.24, 2.45) is 18.4 Å². The molecule has 2 unspecified atom stereocenters. The summed E-state index contributed by atoms with van der Waals surface area (Å²) in [5.41, 5.74) is -0.479. The van der Waals surface area contributed by atoms with E-state index in [2.05, 4.69) is 10.00 Å². The maximum absolute atomic E-state index is 12.7. The summed E-state index contributed by atoms with van der Waals surface area (Å²) in [6, 6.07) is 2.08. The quantitative estimate of drug-likeness (QED) is 0.831. The topological polar surface area (TPSA) is 87.9 Å². The van der Waals surface area contributed by atoms with Gasteiger partial charge in [-0.15, -0.1) is 0 Å². The van der Waals surface area contributed by atoms with Crippen molar-refractivity contribution >= 4 is 11.9 Å². The van der Waals surface area contributed by atoms with Crippen molar-refractivity contribution in [1.29, 1.82) is 0 Å². The summed E-state index contributed by atoms with van der Waals surface area (Å²) in [7, 11) is 1.76. The summed E-state index contributed by atoms with van der Waals surface area (Å²) >= 11 is 0. The number of rotatable bonds is 3. The average Bonchev–Trinajstić information content (AvgIpc) is 3.27. The molecule has 0 saturated carbocycles. The molecule has 4 rings (SSSR count). The van der Waals surface area contributed by atoms with Crippen LogP contribution in [0.4, 0.5) is 0 Å². The number of hydrogen-bond acceptors (Lipinski definition) is 5. The minimum atomic E-state index is -0.858. The van der Waals surface area contributed by atoms with Crippen LogP contribution in [0.5, 0.6) is 0 Å². The number of carbonyl (C=O) groups excluding carboxylic acids is 1. The van der Waals surface area contributed by atoms with Crippen LogP contribution in [-0.4, -0.2) is 82.0 Å². The van der Waals surface area contributed by atoms with Gasteiger partial charge in [-0.3, -0.25) is 19.2 Å². The molecule has 136 valence electrons. The van der Waals surface area contributed by atoms with Gasteiger partial charge in [-0.25, -0.2) is 0 Å². The van der Waals surface area contributed by atoms with E-state index in [0.29, 0.717) is 24.8 Å². The lowest BCUT2D eigenvalue weighted by molar-refractivity contribution is -0.148. The fourth-order valence-electron chi connectivity index (χ4n) is 4.58. The van der Waals surface area contributed by atoms with E-state index in [1.807, 2.05) is 0 Å². The first kappa shape index (κ1) is 16.5. The maximum Gasteiger partial charge on any atom is 0.313 e. The van der Waals surface area contributed by atoms with Crippen molar-refractivity contribution in [2.75, 3.05) is 39.4 Å². The van der Waals surface area contributed by atoms with Crippen LogP contribution in [-0.2, 0) is 16.6 Å². The molecule has 0 aromatic carbocycles. The predicted molar refractivity (Wildman–Crippen MR) is 88.1 cm³/mol. The Morgan fingerprint density at radius 2 is 2.04 bits per heavy atom. The molecular weight excluding hydrogens is 324 g/mol. The number of carbonyl (C=O) groups is 2. The highest BCUT2D eigenvalue weighted by molar-refractivity contribution is 5.93. The molecule has 0 aliphatic carbocycles. The van der Waals surface area contributed by atoms with Gasteiger partial charge >= 0.3 is 5.97 Å². The monoisotopic (exact) mass is 348 g/mol. The first-order valence-corrected chi connectivity index (χ1v) is 8.84. The van der Waals surface area contributed by atoms with Crippen LogP contribution in [0.25, 0.3) is 0 Å². The lowest BCUT2D eigenvalue weighted by Crippen LogP contribution is -2.45.